The Morgan fingerprint density at radius 1 is 1.00 bits per heavy atom. The average Bonchev–Trinajstić information content (AvgIpc) is 3.19. The van der Waals surface area contributed by atoms with Crippen molar-refractivity contribution in [1.82, 2.24) is 30.2 Å². The standard InChI is InChI=1S/C15H12N6/c1-2-4-14-13(3-1)16-10-21(14)9-11-5-7-12(8-6-11)15-17-19-20-18-15/h1-8,10H,9H2,(H,17,18,19,20). The zero-order chi connectivity index (χ0) is 14.1. The van der Waals surface area contributed by atoms with E-state index < -0.39 is 0 Å². The van der Waals surface area contributed by atoms with Crippen molar-refractivity contribution in [3.8, 4) is 11.4 Å². The van der Waals surface area contributed by atoms with Gasteiger partial charge in [-0.05, 0) is 22.9 Å². The largest absolute Gasteiger partial charge is 0.326 e. The van der Waals surface area contributed by atoms with Crippen LogP contribution in [0.5, 0.6) is 0 Å². The molecule has 0 fully saturated rings. The molecule has 0 aliphatic rings. The highest BCUT2D eigenvalue weighted by Gasteiger charge is 2.04. The SMILES string of the molecule is c1ccc2c(c1)ncn2Cc1ccc(-c2nn[nH]n2)cc1. The van der Waals surface area contributed by atoms with E-state index in [9.17, 15) is 0 Å². The third-order valence-corrected chi connectivity index (χ3v) is 3.44. The van der Waals surface area contributed by atoms with Crippen molar-refractivity contribution < 1.29 is 0 Å². The van der Waals surface area contributed by atoms with Crippen molar-refractivity contribution in [2.24, 2.45) is 0 Å². The molecule has 2 aromatic heterocycles. The van der Waals surface area contributed by atoms with Crippen LogP contribution in [0.1, 0.15) is 5.56 Å². The van der Waals surface area contributed by atoms with Gasteiger partial charge in [-0.3, -0.25) is 0 Å². The van der Waals surface area contributed by atoms with Gasteiger partial charge in [0.25, 0.3) is 0 Å². The van der Waals surface area contributed by atoms with Crippen LogP contribution in [0, 0.1) is 0 Å². The Morgan fingerprint density at radius 3 is 2.67 bits per heavy atom. The fourth-order valence-corrected chi connectivity index (χ4v) is 2.38. The summed E-state index contributed by atoms with van der Waals surface area (Å²) in [6.45, 7) is 0.785. The number of nitrogens with zero attached hydrogens (tertiary/aromatic N) is 5. The molecule has 0 bridgehead atoms. The van der Waals surface area contributed by atoms with Gasteiger partial charge in [0.15, 0.2) is 0 Å². The molecule has 2 aromatic carbocycles. The molecule has 0 unspecified atom stereocenters. The summed E-state index contributed by atoms with van der Waals surface area (Å²) in [7, 11) is 0. The van der Waals surface area contributed by atoms with E-state index >= 15 is 0 Å². The van der Waals surface area contributed by atoms with Crippen molar-refractivity contribution >= 4 is 11.0 Å². The first-order valence-electron chi connectivity index (χ1n) is 6.63. The molecule has 2 heterocycles. The van der Waals surface area contributed by atoms with Gasteiger partial charge in [-0.1, -0.05) is 36.4 Å². The Labute approximate surface area is 120 Å². The predicted octanol–water partition coefficient (Wildman–Crippen LogP) is 2.26. The maximum Gasteiger partial charge on any atom is 0.204 e. The molecule has 0 aliphatic heterocycles. The molecule has 21 heavy (non-hydrogen) atoms. The quantitative estimate of drug-likeness (QED) is 0.623. The maximum absolute atomic E-state index is 4.40. The lowest BCUT2D eigenvalue weighted by molar-refractivity contribution is 0.824. The highest BCUT2D eigenvalue weighted by molar-refractivity contribution is 5.75. The number of fused-ring (bicyclic) bond motifs is 1. The van der Waals surface area contributed by atoms with E-state index in [1.807, 2.05) is 36.7 Å². The molecule has 0 radical (unpaired) electrons. The van der Waals surface area contributed by atoms with E-state index in [0.29, 0.717) is 5.82 Å². The number of rotatable bonds is 3. The molecule has 0 saturated carbocycles. The number of hydrogen-bond acceptors (Lipinski definition) is 4. The average molecular weight is 276 g/mol. The van der Waals surface area contributed by atoms with Crippen molar-refractivity contribution in [2.75, 3.05) is 0 Å². The Balaban J connectivity index is 1.63. The van der Waals surface area contributed by atoms with Gasteiger partial charge in [0.05, 0.1) is 17.4 Å². The number of imidazole rings is 1. The first-order chi connectivity index (χ1) is 10.4. The van der Waals surface area contributed by atoms with Crippen LogP contribution in [0.2, 0.25) is 0 Å². The first-order valence-corrected chi connectivity index (χ1v) is 6.63. The van der Waals surface area contributed by atoms with Gasteiger partial charge < -0.3 is 4.57 Å². The van der Waals surface area contributed by atoms with Crippen LogP contribution in [0.3, 0.4) is 0 Å². The molecule has 1 N–H and O–H groups in total. The molecule has 4 aromatic rings. The first kappa shape index (κ1) is 11.8. The summed E-state index contributed by atoms with van der Waals surface area (Å²) in [5.41, 5.74) is 4.30. The Bertz CT molecular complexity index is 861. The second-order valence-electron chi connectivity index (χ2n) is 4.79. The van der Waals surface area contributed by atoms with Crippen LogP contribution in [0.15, 0.2) is 54.9 Å². The lowest BCUT2D eigenvalue weighted by atomic mass is 10.1. The molecule has 6 nitrogen and oxygen atoms in total. The summed E-state index contributed by atoms with van der Waals surface area (Å²) in [6, 6.07) is 16.3. The number of H-pyrrole nitrogens is 1. The molecule has 0 aliphatic carbocycles. The van der Waals surface area contributed by atoms with Crippen molar-refractivity contribution in [3.63, 3.8) is 0 Å². The number of aromatic amines is 1. The van der Waals surface area contributed by atoms with Gasteiger partial charge >= 0.3 is 0 Å². The number of hydrogen-bond donors (Lipinski definition) is 1. The zero-order valence-electron chi connectivity index (χ0n) is 11.1. The topological polar surface area (TPSA) is 72.3 Å². The van der Waals surface area contributed by atoms with Gasteiger partial charge in [0.2, 0.25) is 5.82 Å². The molecule has 0 atom stereocenters. The Morgan fingerprint density at radius 2 is 1.86 bits per heavy atom. The Kier molecular flexibility index (Phi) is 2.71. The number of nitrogens with one attached hydrogen (secondary N) is 1. The normalized spacial score (nSPS) is 11.0. The minimum Gasteiger partial charge on any atom is -0.326 e. The summed E-state index contributed by atoms with van der Waals surface area (Å²) >= 11 is 0. The van der Waals surface area contributed by atoms with Crippen LogP contribution >= 0.6 is 0 Å². The lowest BCUT2D eigenvalue weighted by Crippen LogP contribution is -1.97. The van der Waals surface area contributed by atoms with Crippen molar-refractivity contribution in [2.45, 2.75) is 6.54 Å². The number of aromatic nitrogens is 6. The van der Waals surface area contributed by atoms with Gasteiger partial charge in [-0.15, -0.1) is 10.2 Å². The lowest BCUT2D eigenvalue weighted by Gasteiger charge is -2.05. The summed E-state index contributed by atoms with van der Waals surface area (Å²) in [5, 5.41) is 14.0. The number of para-hydroxylation sites is 2. The summed E-state index contributed by atoms with van der Waals surface area (Å²) in [5.74, 6) is 0.606. The highest BCUT2D eigenvalue weighted by atomic mass is 15.5. The minimum atomic E-state index is 0.606. The molecular formula is C15H12N6. The third kappa shape index (κ3) is 2.16. The van der Waals surface area contributed by atoms with Crippen LogP contribution in [-0.4, -0.2) is 30.2 Å². The molecule has 0 saturated heterocycles. The molecule has 0 spiro atoms. The van der Waals surface area contributed by atoms with E-state index in [2.05, 4.69) is 48.4 Å². The van der Waals surface area contributed by atoms with E-state index in [4.69, 9.17) is 0 Å². The number of tetrazole rings is 1. The smallest absolute Gasteiger partial charge is 0.204 e. The monoisotopic (exact) mass is 276 g/mol. The Hall–Kier alpha value is -3.02. The minimum absolute atomic E-state index is 0.606. The fourth-order valence-electron chi connectivity index (χ4n) is 2.38. The fraction of sp³-hybridized carbons (Fsp3) is 0.0667. The maximum atomic E-state index is 4.40. The summed E-state index contributed by atoms with van der Waals surface area (Å²) < 4.78 is 2.14. The van der Waals surface area contributed by atoms with Crippen molar-refractivity contribution in [1.29, 1.82) is 0 Å². The third-order valence-electron chi connectivity index (χ3n) is 3.44. The van der Waals surface area contributed by atoms with Crippen LogP contribution < -0.4 is 0 Å². The zero-order valence-corrected chi connectivity index (χ0v) is 11.1. The van der Waals surface area contributed by atoms with Gasteiger partial charge in [-0.2, -0.15) is 5.21 Å². The van der Waals surface area contributed by atoms with Crippen LogP contribution in [0.25, 0.3) is 22.4 Å². The van der Waals surface area contributed by atoms with E-state index in [0.717, 1.165) is 23.1 Å². The van der Waals surface area contributed by atoms with E-state index in [1.165, 1.54) is 5.56 Å². The van der Waals surface area contributed by atoms with E-state index in [-0.39, 0.29) is 0 Å². The second-order valence-corrected chi connectivity index (χ2v) is 4.79. The van der Waals surface area contributed by atoms with Crippen molar-refractivity contribution in [3.05, 3.63) is 60.4 Å². The molecule has 0 amide bonds. The second kappa shape index (κ2) is 4.82. The number of benzene rings is 2. The molecule has 102 valence electrons. The molecular weight excluding hydrogens is 264 g/mol. The summed E-state index contributed by atoms with van der Waals surface area (Å²) in [6.07, 6.45) is 1.87. The molecule has 6 heteroatoms. The van der Waals surface area contributed by atoms with Crippen LogP contribution in [-0.2, 0) is 6.54 Å². The van der Waals surface area contributed by atoms with Gasteiger partial charge in [0, 0.05) is 12.1 Å². The molecule has 4 rings (SSSR count). The van der Waals surface area contributed by atoms with Crippen LogP contribution in [0.4, 0.5) is 0 Å². The predicted molar refractivity (Wildman–Crippen MR) is 78.4 cm³/mol. The van der Waals surface area contributed by atoms with Gasteiger partial charge in [-0.25, -0.2) is 4.98 Å². The highest BCUT2D eigenvalue weighted by Crippen LogP contribution is 2.17. The summed E-state index contributed by atoms with van der Waals surface area (Å²) in [4.78, 5) is 4.40. The van der Waals surface area contributed by atoms with E-state index in [1.54, 1.807) is 0 Å². The van der Waals surface area contributed by atoms with Gasteiger partial charge in [0.1, 0.15) is 0 Å².